The molecule has 0 bridgehead atoms. The number of azide groups is 1. The minimum Gasteiger partial charge on any atom is -0.415 e. The van der Waals surface area contributed by atoms with Crippen LogP contribution in [-0.2, 0) is 4.43 Å². The van der Waals surface area contributed by atoms with E-state index >= 15 is 0 Å². The summed E-state index contributed by atoms with van der Waals surface area (Å²) in [5.41, 5.74) is 8.23. The molecule has 1 atom stereocenters. The molecule has 0 fully saturated rings. The molecule has 0 spiro atoms. The van der Waals surface area contributed by atoms with E-state index in [1.807, 2.05) is 6.08 Å². The summed E-state index contributed by atoms with van der Waals surface area (Å²) in [6.07, 6.45) is 3.69. The molecule has 80 valence electrons. The molecular formula is C9H19N3OSi. The fourth-order valence-corrected chi connectivity index (χ4v) is 2.31. The molecule has 0 radical (unpaired) electrons. The molecule has 0 saturated carbocycles. The Bertz CT molecular complexity index is 219. The third-order valence-electron chi connectivity index (χ3n) is 1.56. The van der Waals surface area contributed by atoms with Gasteiger partial charge >= 0.3 is 0 Å². The van der Waals surface area contributed by atoms with Gasteiger partial charge in [-0.15, -0.1) is 6.58 Å². The molecule has 0 aliphatic carbocycles. The van der Waals surface area contributed by atoms with E-state index in [-0.39, 0.29) is 6.10 Å². The van der Waals surface area contributed by atoms with Crippen molar-refractivity contribution in [3.8, 4) is 0 Å². The topological polar surface area (TPSA) is 58.0 Å². The molecule has 0 saturated heterocycles. The molecule has 4 nitrogen and oxygen atoms in total. The van der Waals surface area contributed by atoms with Gasteiger partial charge in [0.15, 0.2) is 8.32 Å². The maximum Gasteiger partial charge on any atom is 0.184 e. The van der Waals surface area contributed by atoms with E-state index in [0.717, 1.165) is 12.8 Å². The number of hydrogen-bond acceptors (Lipinski definition) is 2. The first-order chi connectivity index (χ1) is 6.49. The van der Waals surface area contributed by atoms with Gasteiger partial charge in [0, 0.05) is 4.91 Å². The lowest BCUT2D eigenvalue weighted by Crippen LogP contribution is -2.33. The Morgan fingerprint density at radius 1 is 1.57 bits per heavy atom. The molecule has 14 heavy (non-hydrogen) atoms. The highest BCUT2D eigenvalue weighted by molar-refractivity contribution is 6.69. The van der Waals surface area contributed by atoms with Gasteiger partial charge in [0.2, 0.25) is 0 Å². The predicted molar refractivity (Wildman–Crippen MR) is 61.7 cm³/mol. The van der Waals surface area contributed by atoms with E-state index in [1.165, 1.54) is 0 Å². The summed E-state index contributed by atoms with van der Waals surface area (Å²) in [6, 6.07) is 0. The van der Waals surface area contributed by atoms with Crippen LogP contribution < -0.4 is 0 Å². The van der Waals surface area contributed by atoms with Gasteiger partial charge < -0.3 is 4.43 Å². The fraction of sp³-hybridized carbons (Fsp3) is 0.778. The molecule has 0 heterocycles. The maximum atomic E-state index is 8.23. The molecule has 0 amide bonds. The largest absolute Gasteiger partial charge is 0.415 e. The van der Waals surface area contributed by atoms with Crippen LogP contribution in [0.3, 0.4) is 0 Å². The van der Waals surface area contributed by atoms with Crippen molar-refractivity contribution in [3.63, 3.8) is 0 Å². The zero-order chi connectivity index (χ0) is 11.0. The molecule has 0 aromatic rings. The first-order valence-corrected chi connectivity index (χ1v) is 8.20. The highest BCUT2D eigenvalue weighted by Crippen LogP contribution is 2.12. The molecule has 0 aromatic carbocycles. The highest BCUT2D eigenvalue weighted by Gasteiger charge is 2.19. The third kappa shape index (κ3) is 7.85. The molecule has 0 unspecified atom stereocenters. The number of hydrogen-bond donors (Lipinski definition) is 0. The smallest absolute Gasteiger partial charge is 0.184 e. The van der Waals surface area contributed by atoms with Crippen LogP contribution in [0.5, 0.6) is 0 Å². The second-order valence-corrected chi connectivity index (χ2v) is 8.59. The lowest BCUT2D eigenvalue weighted by Gasteiger charge is -2.24. The molecule has 0 rings (SSSR count). The Hall–Kier alpha value is -0.773. The highest BCUT2D eigenvalue weighted by atomic mass is 28.4. The number of rotatable bonds is 7. The summed E-state index contributed by atoms with van der Waals surface area (Å²) >= 11 is 0. The van der Waals surface area contributed by atoms with Gasteiger partial charge in [-0.05, 0) is 38.0 Å². The fourth-order valence-electron chi connectivity index (χ4n) is 1.12. The van der Waals surface area contributed by atoms with Crippen LogP contribution in [0.4, 0.5) is 0 Å². The van der Waals surface area contributed by atoms with Crippen LogP contribution in [0, 0.1) is 0 Å². The maximum absolute atomic E-state index is 8.23. The average Bonchev–Trinajstić information content (AvgIpc) is 2.07. The van der Waals surface area contributed by atoms with Crippen molar-refractivity contribution in [2.75, 3.05) is 6.54 Å². The predicted octanol–water partition coefficient (Wildman–Crippen LogP) is 3.48. The SMILES string of the molecule is C=CCC[C@@H](CN=[N+]=[N-])O[Si](C)(C)C. The van der Waals surface area contributed by atoms with Crippen molar-refractivity contribution in [2.24, 2.45) is 5.11 Å². The average molecular weight is 213 g/mol. The molecule has 0 N–H and O–H groups in total. The van der Waals surface area contributed by atoms with Crippen molar-refractivity contribution in [2.45, 2.75) is 38.6 Å². The standard InChI is InChI=1S/C9H19N3OSi/c1-5-6-7-9(8-11-12-10)13-14(2,3)4/h5,9H,1,6-8H2,2-4H3/t9-/m0/s1. The van der Waals surface area contributed by atoms with E-state index in [4.69, 9.17) is 9.96 Å². The van der Waals surface area contributed by atoms with Crippen molar-refractivity contribution in [1.82, 2.24) is 0 Å². The molecule has 0 aliphatic rings. The van der Waals surface area contributed by atoms with Crippen LogP contribution in [0.15, 0.2) is 17.8 Å². The minimum atomic E-state index is -1.54. The van der Waals surface area contributed by atoms with Crippen molar-refractivity contribution in [1.29, 1.82) is 0 Å². The van der Waals surface area contributed by atoms with Gasteiger partial charge in [0.1, 0.15) is 0 Å². The first kappa shape index (κ1) is 13.2. The Morgan fingerprint density at radius 3 is 2.64 bits per heavy atom. The second kappa shape index (κ2) is 6.65. The Morgan fingerprint density at radius 2 is 2.21 bits per heavy atom. The molecule has 0 aliphatic heterocycles. The Kier molecular flexibility index (Phi) is 6.28. The van der Waals surface area contributed by atoms with Crippen LogP contribution >= 0.6 is 0 Å². The van der Waals surface area contributed by atoms with Crippen LogP contribution in [0.25, 0.3) is 10.4 Å². The van der Waals surface area contributed by atoms with Crippen molar-refractivity contribution >= 4 is 8.32 Å². The number of allylic oxidation sites excluding steroid dienone is 1. The van der Waals surface area contributed by atoms with Gasteiger partial charge in [-0.25, -0.2) is 0 Å². The van der Waals surface area contributed by atoms with E-state index in [2.05, 4.69) is 36.2 Å². The van der Waals surface area contributed by atoms with Gasteiger partial charge in [-0.2, -0.15) is 0 Å². The molecular weight excluding hydrogens is 194 g/mol. The van der Waals surface area contributed by atoms with Crippen molar-refractivity contribution in [3.05, 3.63) is 23.1 Å². The monoisotopic (exact) mass is 213 g/mol. The normalized spacial score (nSPS) is 13.1. The zero-order valence-corrected chi connectivity index (χ0v) is 10.2. The van der Waals surface area contributed by atoms with Gasteiger partial charge in [-0.1, -0.05) is 11.2 Å². The summed E-state index contributed by atoms with van der Waals surface area (Å²) in [5, 5.41) is 3.55. The quantitative estimate of drug-likeness (QED) is 0.210. The Labute approximate surface area is 86.7 Å². The van der Waals surface area contributed by atoms with Gasteiger partial charge in [-0.3, -0.25) is 0 Å². The minimum absolute atomic E-state index is 0.0515. The van der Waals surface area contributed by atoms with Crippen LogP contribution in [0.1, 0.15) is 12.8 Å². The Balaban J connectivity index is 4.08. The zero-order valence-electron chi connectivity index (χ0n) is 9.23. The summed E-state index contributed by atoms with van der Waals surface area (Å²) in [5.74, 6) is 0. The van der Waals surface area contributed by atoms with Gasteiger partial charge in [0.05, 0.1) is 12.6 Å². The van der Waals surface area contributed by atoms with Crippen LogP contribution in [-0.4, -0.2) is 21.0 Å². The first-order valence-electron chi connectivity index (χ1n) is 4.79. The molecule has 0 aromatic heterocycles. The lowest BCUT2D eigenvalue weighted by atomic mass is 10.2. The summed E-state index contributed by atoms with van der Waals surface area (Å²) < 4.78 is 5.87. The summed E-state index contributed by atoms with van der Waals surface area (Å²) in [6.45, 7) is 10.5. The van der Waals surface area contributed by atoms with Crippen molar-refractivity contribution < 1.29 is 4.43 Å². The van der Waals surface area contributed by atoms with E-state index in [1.54, 1.807) is 0 Å². The van der Waals surface area contributed by atoms with E-state index in [0.29, 0.717) is 6.54 Å². The third-order valence-corrected chi connectivity index (χ3v) is 2.60. The van der Waals surface area contributed by atoms with E-state index in [9.17, 15) is 0 Å². The van der Waals surface area contributed by atoms with E-state index < -0.39 is 8.32 Å². The summed E-state index contributed by atoms with van der Waals surface area (Å²) in [4.78, 5) is 2.75. The second-order valence-electron chi connectivity index (χ2n) is 4.13. The summed E-state index contributed by atoms with van der Waals surface area (Å²) in [7, 11) is -1.54. The van der Waals surface area contributed by atoms with Crippen LogP contribution in [0.2, 0.25) is 19.6 Å². The number of nitrogens with zero attached hydrogens (tertiary/aromatic N) is 3. The van der Waals surface area contributed by atoms with Gasteiger partial charge in [0.25, 0.3) is 0 Å². The lowest BCUT2D eigenvalue weighted by molar-refractivity contribution is 0.193. The molecule has 5 heteroatoms.